The normalized spacial score (nSPS) is 10.0. The first-order valence-electron chi connectivity index (χ1n) is 6.30. The molecule has 5 nitrogen and oxygen atoms in total. The first-order valence-corrected chi connectivity index (χ1v) is 6.68. The number of halogens is 1. The molecule has 0 unspecified atom stereocenters. The number of carbonyl (C=O) groups excluding carboxylic acids is 2. The van der Waals surface area contributed by atoms with Crippen molar-refractivity contribution in [3.63, 3.8) is 0 Å². The van der Waals surface area contributed by atoms with Crippen molar-refractivity contribution < 1.29 is 14.3 Å². The fourth-order valence-electron chi connectivity index (χ4n) is 1.69. The van der Waals surface area contributed by atoms with Crippen molar-refractivity contribution in [3.8, 4) is 0 Å². The van der Waals surface area contributed by atoms with E-state index in [2.05, 4.69) is 10.3 Å². The van der Waals surface area contributed by atoms with Gasteiger partial charge in [-0.1, -0.05) is 17.7 Å². The van der Waals surface area contributed by atoms with Gasteiger partial charge in [0.25, 0.3) is 5.91 Å². The maximum atomic E-state index is 12.1. The third-order valence-electron chi connectivity index (χ3n) is 2.62. The summed E-state index contributed by atoms with van der Waals surface area (Å²) in [7, 11) is 0. The Kier molecular flexibility index (Phi) is 4.90. The van der Waals surface area contributed by atoms with Crippen LogP contribution in [-0.2, 0) is 4.74 Å². The first kappa shape index (κ1) is 15.0. The van der Waals surface area contributed by atoms with Crippen LogP contribution in [0.5, 0.6) is 0 Å². The highest BCUT2D eigenvalue weighted by molar-refractivity contribution is 6.29. The summed E-state index contributed by atoms with van der Waals surface area (Å²) >= 11 is 5.74. The van der Waals surface area contributed by atoms with E-state index in [9.17, 15) is 9.59 Å². The van der Waals surface area contributed by atoms with E-state index < -0.39 is 5.97 Å². The maximum absolute atomic E-state index is 12.1. The molecule has 2 aromatic rings. The monoisotopic (exact) mass is 304 g/mol. The highest BCUT2D eigenvalue weighted by Gasteiger charge is 2.10. The Morgan fingerprint density at radius 2 is 2.05 bits per heavy atom. The van der Waals surface area contributed by atoms with Crippen LogP contribution in [-0.4, -0.2) is 23.5 Å². The van der Waals surface area contributed by atoms with Gasteiger partial charge in [0.15, 0.2) is 0 Å². The molecular formula is C15H13ClN2O3. The highest BCUT2D eigenvalue weighted by atomic mass is 35.5. The Labute approximate surface area is 126 Å². The third kappa shape index (κ3) is 4.03. The van der Waals surface area contributed by atoms with Crippen molar-refractivity contribution in [3.05, 3.63) is 58.9 Å². The molecule has 0 saturated carbocycles. The molecule has 108 valence electrons. The number of ether oxygens (including phenoxy) is 1. The zero-order valence-corrected chi connectivity index (χ0v) is 12.1. The van der Waals surface area contributed by atoms with Crippen LogP contribution in [0.2, 0.25) is 5.15 Å². The van der Waals surface area contributed by atoms with Crippen LogP contribution in [0.3, 0.4) is 0 Å². The molecule has 0 fully saturated rings. The second-order valence-electron chi connectivity index (χ2n) is 4.12. The number of hydrogen-bond acceptors (Lipinski definition) is 4. The lowest BCUT2D eigenvalue weighted by Gasteiger charge is -2.07. The minimum Gasteiger partial charge on any atom is -0.462 e. The SMILES string of the molecule is CCOC(=O)c1cccc(NC(=O)c2ccnc(Cl)c2)c1. The molecule has 0 aliphatic carbocycles. The van der Waals surface area contributed by atoms with E-state index >= 15 is 0 Å². The van der Waals surface area contributed by atoms with Gasteiger partial charge in [-0.25, -0.2) is 9.78 Å². The van der Waals surface area contributed by atoms with Crippen LogP contribution >= 0.6 is 11.6 Å². The van der Waals surface area contributed by atoms with Gasteiger partial charge in [-0.05, 0) is 37.3 Å². The molecule has 0 spiro atoms. The van der Waals surface area contributed by atoms with Crippen molar-refractivity contribution >= 4 is 29.2 Å². The predicted octanol–water partition coefficient (Wildman–Crippen LogP) is 3.16. The van der Waals surface area contributed by atoms with Gasteiger partial charge in [0.2, 0.25) is 0 Å². The van der Waals surface area contributed by atoms with Gasteiger partial charge in [-0.3, -0.25) is 4.79 Å². The average Bonchev–Trinajstić information content (AvgIpc) is 2.48. The molecule has 0 saturated heterocycles. The molecular weight excluding hydrogens is 292 g/mol. The molecule has 0 aliphatic heterocycles. The number of aromatic nitrogens is 1. The standard InChI is InChI=1S/C15H13ClN2O3/c1-2-21-15(20)11-4-3-5-12(8-11)18-14(19)10-6-7-17-13(16)9-10/h3-9H,2H2,1H3,(H,18,19). The molecule has 1 N–H and O–H groups in total. The van der Waals surface area contributed by atoms with Gasteiger partial charge in [0.05, 0.1) is 12.2 Å². The number of anilines is 1. The molecule has 1 aromatic heterocycles. The van der Waals surface area contributed by atoms with Crippen LogP contribution in [0.4, 0.5) is 5.69 Å². The number of rotatable bonds is 4. The number of nitrogens with zero attached hydrogens (tertiary/aromatic N) is 1. The Morgan fingerprint density at radius 1 is 1.24 bits per heavy atom. The molecule has 0 aliphatic rings. The predicted molar refractivity (Wildman–Crippen MR) is 79.6 cm³/mol. The summed E-state index contributed by atoms with van der Waals surface area (Å²) in [5, 5.41) is 2.93. The van der Waals surface area contributed by atoms with E-state index in [1.54, 1.807) is 37.3 Å². The summed E-state index contributed by atoms with van der Waals surface area (Å²) in [5.74, 6) is -0.763. The third-order valence-corrected chi connectivity index (χ3v) is 2.83. The van der Waals surface area contributed by atoms with Gasteiger partial charge in [-0.2, -0.15) is 0 Å². The fraction of sp³-hybridized carbons (Fsp3) is 0.133. The smallest absolute Gasteiger partial charge is 0.338 e. The van der Waals surface area contributed by atoms with Crippen molar-refractivity contribution in [2.24, 2.45) is 0 Å². The summed E-state index contributed by atoms with van der Waals surface area (Å²) in [5.41, 5.74) is 1.26. The van der Waals surface area contributed by atoms with E-state index in [1.807, 2.05) is 0 Å². The summed E-state index contributed by atoms with van der Waals surface area (Å²) < 4.78 is 4.91. The summed E-state index contributed by atoms with van der Waals surface area (Å²) in [6.45, 7) is 2.03. The minimum absolute atomic E-state index is 0.239. The Morgan fingerprint density at radius 3 is 2.76 bits per heavy atom. The second kappa shape index (κ2) is 6.85. The zero-order chi connectivity index (χ0) is 15.2. The largest absolute Gasteiger partial charge is 0.462 e. The van der Waals surface area contributed by atoms with Crippen molar-refractivity contribution in [1.29, 1.82) is 0 Å². The Hall–Kier alpha value is -2.40. The number of esters is 1. The van der Waals surface area contributed by atoms with E-state index in [0.29, 0.717) is 23.4 Å². The van der Waals surface area contributed by atoms with Crippen molar-refractivity contribution in [1.82, 2.24) is 4.98 Å². The van der Waals surface area contributed by atoms with Gasteiger partial charge >= 0.3 is 5.97 Å². The Bertz CT molecular complexity index is 673. The molecule has 1 heterocycles. The number of carbonyl (C=O) groups is 2. The lowest BCUT2D eigenvalue weighted by Crippen LogP contribution is -2.13. The topological polar surface area (TPSA) is 68.3 Å². The molecule has 2 rings (SSSR count). The Balaban J connectivity index is 2.14. The zero-order valence-electron chi connectivity index (χ0n) is 11.3. The van der Waals surface area contributed by atoms with Gasteiger partial charge in [0.1, 0.15) is 5.15 Å². The molecule has 1 aromatic carbocycles. The van der Waals surface area contributed by atoms with Crippen LogP contribution in [0.25, 0.3) is 0 Å². The van der Waals surface area contributed by atoms with E-state index in [-0.39, 0.29) is 11.1 Å². The van der Waals surface area contributed by atoms with Gasteiger partial charge in [-0.15, -0.1) is 0 Å². The van der Waals surface area contributed by atoms with E-state index in [1.165, 1.54) is 12.3 Å². The molecule has 0 atom stereocenters. The fourth-order valence-corrected chi connectivity index (χ4v) is 1.86. The van der Waals surface area contributed by atoms with Crippen molar-refractivity contribution in [2.45, 2.75) is 6.92 Å². The summed E-state index contributed by atoms with van der Waals surface area (Å²) in [6, 6.07) is 9.54. The summed E-state index contributed by atoms with van der Waals surface area (Å²) in [6.07, 6.45) is 1.45. The maximum Gasteiger partial charge on any atom is 0.338 e. The summed E-state index contributed by atoms with van der Waals surface area (Å²) in [4.78, 5) is 27.5. The first-order chi connectivity index (χ1) is 10.1. The van der Waals surface area contributed by atoms with Crippen LogP contribution in [0.15, 0.2) is 42.6 Å². The number of benzene rings is 1. The quantitative estimate of drug-likeness (QED) is 0.696. The number of hydrogen-bond donors (Lipinski definition) is 1. The number of nitrogens with one attached hydrogen (secondary N) is 1. The van der Waals surface area contributed by atoms with Crippen LogP contribution in [0, 0.1) is 0 Å². The second-order valence-corrected chi connectivity index (χ2v) is 4.51. The molecule has 1 amide bonds. The van der Waals surface area contributed by atoms with E-state index in [0.717, 1.165) is 0 Å². The molecule has 6 heteroatoms. The van der Waals surface area contributed by atoms with E-state index in [4.69, 9.17) is 16.3 Å². The molecule has 21 heavy (non-hydrogen) atoms. The number of pyridine rings is 1. The molecule has 0 radical (unpaired) electrons. The highest BCUT2D eigenvalue weighted by Crippen LogP contribution is 2.14. The van der Waals surface area contributed by atoms with Crippen molar-refractivity contribution in [2.75, 3.05) is 11.9 Å². The average molecular weight is 305 g/mol. The lowest BCUT2D eigenvalue weighted by molar-refractivity contribution is 0.0526. The van der Waals surface area contributed by atoms with Crippen LogP contribution in [0.1, 0.15) is 27.6 Å². The number of amides is 1. The minimum atomic E-state index is -0.430. The van der Waals surface area contributed by atoms with Gasteiger partial charge in [0, 0.05) is 17.4 Å². The van der Waals surface area contributed by atoms with Gasteiger partial charge < -0.3 is 10.1 Å². The molecule has 0 bridgehead atoms. The lowest BCUT2D eigenvalue weighted by atomic mass is 10.2. The van der Waals surface area contributed by atoms with Crippen LogP contribution < -0.4 is 5.32 Å².